The summed E-state index contributed by atoms with van der Waals surface area (Å²) in [6.07, 6.45) is 0. The lowest BCUT2D eigenvalue weighted by Crippen LogP contribution is -2.42. The Labute approximate surface area is 194 Å². The summed E-state index contributed by atoms with van der Waals surface area (Å²) in [6.45, 7) is 6.89. The summed E-state index contributed by atoms with van der Waals surface area (Å²) in [5.41, 5.74) is 2.14. The van der Waals surface area contributed by atoms with E-state index in [0.29, 0.717) is 17.8 Å². The van der Waals surface area contributed by atoms with Gasteiger partial charge in [-0.3, -0.25) is 9.69 Å². The zero-order valence-electron chi connectivity index (χ0n) is 18.0. The zero-order valence-corrected chi connectivity index (χ0v) is 19.6. The molecule has 0 radical (unpaired) electrons. The molecule has 2 N–H and O–H groups in total. The maximum absolute atomic E-state index is 13.0. The molecule has 0 unspecified atom stereocenters. The van der Waals surface area contributed by atoms with Crippen LogP contribution in [-0.2, 0) is 11.3 Å². The van der Waals surface area contributed by atoms with Crippen molar-refractivity contribution in [3.63, 3.8) is 0 Å². The summed E-state index contributed by atoms with van der Waals surface area (Å²) in [7, 11) is 0. The Balaban J connectivity index is 1.37. The lowest BCUT2D eigenvalue weighted by Gasteiger charge is -2.31. The molecule has 5 rings (SSSR count). The lowest BCUT2D eigenvalue weighted by atomic mass is 10.1. The average molecular weight is 467 g/mol. The van der Waals surface area contributed by atoms with Crippen molar-refractivity contribution in [1.29, 1.82) is 0 Å². The SMILES string of the molecule is Cc1ccc(-c2csc3nc(CN[C@H](CN4CCOCC4)c4ccccc4)[nH]c(=O)c23)s1. The van der Waals surface area contributed by atoms with E-state index in [1.165, 1.54) is 21.8 Å². The minimum atomic E-state index is -0.0708. The largest absolute Gasteiger partial charge is 0.379 e. The first-order valence-electron chi connectivity index (χ1n) is 10.8. The Morgan fingerprint density at radius 2 is 2.00 bits per heavy atom. The topological polar surface area (TPSA) is 70.2 Å². The molecule has 0 aliphatic carbocycles. The van der Waals surface area contributed by atoms with Crippen LogP contribution in [0.25, 0.3) is 20.7 Å². The van der Waals surface area contributed by atoms with Crippen molar-refractivity contribution in [3.8, 4) is 10.4 Å². The van der Waals surface area contributed by atoms with E-state index in [2.05, 4.69) is 58.5 Å². The van der Waals surface area contributed by atoms with Gasteiger partial charge in [0.2, 0.25) is 0 Å². The average Bonchev–Trinajstić information content (AvgIpc) is 3.44. The van der Waals surface area contributed by atoms with Gasteiger partial charge in [0.15, 0.2) is 0 Å². The number of aryl methyl sites for hydroxylation is 1. The summed E-state index contributed by atoms with van der Waals surface area (Å²) in [5.74, 6) is 0.668. The molecule has 1 aliphatic rings. The van der Waals surface area contributed by atoms with Crippen LogP contribution < -0.4 is 10.9 Å². The van der Waals surface area contributed by atoms with Crippen LogP contribution in [0, 0.1) is 6.92 Å². The number of aromatic amines is 1. The van der Waals surface area contributed by atoms with Crippen LogP contribution >= 0.6 is 22.7 Å². The highest BCUT2D eigenvalue weighted by Crippen LogP contribution is 2.35. The summed E-state index contributed by atoms with van der Waals surface area (Å²) in [5, 5.41) is 6.36. The summed E-state index contributed by atoms with van der Waals surface area (Å²) in [6, 6.07) is 14.8. The van der Waals surface area contributed by atoms with E-state index in [1.807, 2.05) is 11.4 Å². The molecule has 6 nitrogen and oxygen atoms in total. The van der Waals surface area contributed by atoms with E-state index in [1.54, 1.807) is 11.3 Å². The highest BCUT2D eigenvalue weighted by Gasteiger charge is 2.19. The molecule has 0 saturated carbocycles. The molecule has 8 heteroatoms. The number of ether oxygens (including phenoxy) is 1. The zero-order chi connectivity index (χ0) is 21.9. The van der Waals surface area contributed by atoms with Crippen molar-refractivity contribution in [2.45, 2.75) is 19.5 Å². The predicted octanol–water partition coefficient (Wildman–Crippen LogP) is 4.18. The van der Waals surface area contributed by atoms with Gasteiger partial charge in [0, 0.05) is 46.4 Å². The Hall–Kier alpha value is -2.36. The molecule has 4 heterocycles. The predicted molar refractivity (Wildman–Crippen MR) is 132 cm³/mol. The fourth-order valence-electron chi connectivity index (χ4n) is 4.07. The van der Waals surface area contributed by atoms with Gasteiger partial charge in [-0.2, -0.15) is 0 Å². The number of rotatable bonds is 7. The van der Waals surface area contributed by atoms with E-state index in [4.69, 9.17) is 9.72 Å². The van der Waals surface area contributed by atoms with Gasteiger partial charge >= 0.3 is 0 Å². The maximum atomic E-state index is 13.0. The van der Waals surface area contributed by atoms with Gasteiger partial charge in [-0.1, -0.05) is 30.3 Å². The molecule has 1 aromatic carbocycles. The molecule has 4 aromatic rings. The van der Waals surface area contributed by atoms with Crippen LogP contribution in [0.2, 0.25) is 0 Å². The molecule has 1 saturated heterocycles. The van der Waals surface area contributed by atoms with Gasteiger partial charge in [0.05, 0.1) is 25.1 Å². The van der Waals surface area contributed by atoms with Crippen molar-refractivity contribution in [2.24, 2.45) is 0 Å². The summed E-state index contributed by atoms with van der Waals surface area (Å²) >= 11 is 3.23. The lowest BCUT2D eigenvalue weighted by molar-refractivity contribution is 0.0333. The third kappa shape index (κ3) is 4.69. The number of nitrogens with one attached hydrogen (secondary N) is 2. The number of hydrogen-bond donors (Lipinski definition) is 2. The van der Waals surface area contributed by atoms with E-state index < -0.39 is 0 Å². The second-order valence-corrected chi connectivity index (χ2v) is 10.2. The van der Waals surface area contributed by atoms with Crippen molar-refractivity contribution in [2.75, 3.05) is 32.8 Å². The molecule has 1 fully saturated rings. The molecule has 1 aliphatic heterocycles. The maximum Gasteiger partial charge on any atom is 0.260 e. The van der Waals surface area contributed by atoms with Gasteiger partial charge in [0.1, 0.15) is 10.7 Å². The third-order valence-electron chi connectivity index (χ3n) is 5.76. The fraction of sp³-hybridized carbons (Fsp3) is 0.333. The van der Waals surface area contributed by atoms with Gasteiger partial charge in [-0.05, 0) is 24.6 Å². The molecule has 1 atom stereocenters. The van der Waals surface area contributed by atoms with E-state index in [0.717, 1.165) is 48.1 Å². The summed E-state index contributed by atoms with van der Waals surface area (Å²) in [4.78, 5) is 26.3. The smallest absolute Gasteiger partial charge is 0.260 e. The minimum absolute atomic E-state index is 0.0708. The second-order valence-electron chi connectivity index (χ2n) is 8.01. The van der Waals surface area contributed by atoms with Gasteiger partial charge in [-0.15, -0.1) is 22.7 Å². The molecule has 166 valence electrons. The molecular formula is C24H26N4O2S2. The van der Waals surface area contributed by atoms with Crippen molar-refractivity contribution < 1.29 is 4.74 Å². The molecule has 32 heavy (non-hydrogen) atoms. The Bertz CT molecular complexity index is 1240. The Kier molecular flexibility index (Phi) is 6.47. The minimum Gasteiger partial charge on any atom is -0.379 e. The first-order valence-corrected chi connectivity index (χ1v) is 12.5. The molecular weight excluding hydrogens is 440 g/mol. The van der Waals surface area contributed by atoms with E-state index in [9.17, 15) is 4.79 Å². The monoisotopic (exact) mass is 466 g/mol. The van der Waals surface area contributed by atoms with Crippen LogP contribution in [0.5, 0.6) is 0 Å². The van der Waals surface area contributed by atoms with Crippen LogP contribution in [0.3, 0.4) is 0 Å². The van der Waals surface area contributed by atoms with Crippen LogP contribution in [0.1, 0.15) is 22.3 Å². The van der Waals surface area contributed by atoms with Crippen LogP contribution in [0.15, 0.2) is 52.6 Å². The van der Waals surface area contributed by atoms with E-state index >= 15 is 0 Å². The quantitative estimate of drug-likeness (QED) is 0.428. The number of thiophene rings is 2. The molecule has 0 spiro atoms. The number of H-pyrrole nitrogens is 1. The normalized spacial score (nSPS) is 15.9. The number of aromatic nitrogens is 2. The van der Waals surface area contributed by atoms with Gasteiger partial charge < -0.3 is 15.0 Å². The standard InChI is InChI=1S/C24H26N4O2S2/c1-16-7-8-20(32-16)18-15-31-24-22(18)23(29)26-21(27-24)13-25-19(17-5-3-2-4-6-17)14-28-9-11-30-12-10-28/h2-8,15,19,25H,9-14H2,1H3,(H,26,27,29)/t19-/m1/s1. The fourth-order valence-corrected chi connectivity index (χ4v) is 6.00. The van der Waals surface area contributed by atoms with Gasteiger partial charge in [-0.25, -0.2) is 4.98 Å². The number of benzene rings is 1. The number of morpholine rings is 1. The first-order chi connectivity index (χ1) is 15.7. The van der Waals surface area contributed by atoms with Crippen molar-refractivity contribution in [1.82, 2.24) is 20.2 Å². The van der Waals surface area contributed by atoms with Gasteiger partial charge in [0.25, 0.3) is 5.56 Å². The second kappa shape index (κ2) is 9.64. The van der Waals surface area contributed by atoms with Crippen LogP contribution in [-0.4, -0.2) is 47.7 Å². The Morgan fingerprint density at radius 1 is 1.19 bits per heavy atom. The van der Waals surface area contributed by atoms with Crippen molar-refractivity contribution >= 4 is 32.9 Å². The number of fused-ring (bicyclic) bond motifs is 1. The number of hydrogen-bond acceptors (Lipinski definition) is 7. The molecule has 3 aromatic heterocycles. The summed E-state index contributed by atoms with van der Waals surface area (Å²) < 4.78 is 5.50. The molecule has 0 bridgehead atoms. The van der Waals surface area contributed by atoms with Crippen molar-refractivity contribution in [3.05, 3.63) is 74.5 Å². The first kappa shape index (κ1) is 21.5. The highest BCUT2D eigenvalue weighted by molar-refractivity contribution is 7.19. The Morgan fingerprint density at radius 3 is 2.75 bits per heavy atom. The molecule has 0 amide bonds. The van der Waals surface area contributed by atoms with E-state index in [-0.39, 0.29) is 11.6 Å². The number of nitrogens with zero attached hydrogens (tertiary/aromatic N) is 2. The third-order valence-corrected chi connectivity index (χ3v) is 7.67. The highest BCUT2D eigenvalue weighted by atomic mass is 32.1. The van der Waals surface area contributed by atoms with Crippen LogP contribution in [0.4, 0.5) is 0 Å².